The largest absolute Gasteiger partial charge is 0.391 e. The van der Waals surface area contributed by atoms with Crippen molar-refractivity contribution in [3.05, 3.63) is 0 Å². The van der Waals surface area contributed by atoms with E-state index in [-0.39, 0.29) is 4.99 Å². The summed E-state index contributed by atoms with van der Waals surface area (Å²) in [5.41, 5.74) is 5.09. The van der Waals surface area contributed by atoms with E-state index in [0.29, 0.717) is 12.8 Å². The van der Waals surface area contributed by atoms with E-state index in [0.717, 1.165) is 31.9 Å². The molecule has 0 heterocycles. The summed E-state index contributed by atoms with van der Waals surface area (Å²) >= 11 is 5.11. The summed E-state index contributed by atoms with van der Waals surface area (Å²) in [5.74, 6) is -1.03. The fourth-order valence-electron chi connectivity index (χ4n) is 2.48. The summed E-state index contributed by atoms with van der Waals surface area (Å²) in [5, 5.41) is 2.77. The highest BCUT2D eigenvalue weighted by Gasteiger charge is 2.35. The monoisotopic (exact) mass is 306 g/mol. The fraction of sp³-hybridized carbons (Fsp3) is 0.833. The van der Waals surface area contributed by atoms with Crippen LogP contribution in [0.5, 0.6) is 0 Å². The molecule has 1 saturated carbocycles. The third-order valence-corrected chi connectivity index (χ3v) is 4.63. The lowest BCUT2D eigenvalue weighted by Crippen LogP contribution is -2.57. The molecule has 19 heavy (non-hydrogen) atoms. The van der Waals surface area contributed by atoms with Gasteiger partial charge in [-0.2, -0.15) is 0 Å². The first-order chi connectivity index (χ1) is 8.75. The van der Waals surface area contributed by atoms with Crippen molar-refractivity contribution in [3.63, 3.8) is 0 Å². The topological polar surface area (TPSA) is 89.3 Å². The fourth-order valence-corrected chi connectivity index (χ4v) is 3.29. The summed E-state index contributed by atoms with van der Waals surface area (Å²) < 4.78 is 22.3. The van der Waals surface area contributed by atoms with E-state index < -0.39 is 27.0 Å². The van der Waals surface area contributed by atoms with Crippen LogP contribution in [0.3, 0.4) is 0 Å². The van der Waals surface area contributed by atoms with Crippen LogP contribution in [0.1, 0.15) is 44.9 Å². The molecule has 7 heteroatoms. The molecule has 110 valence electrons. The maximum Gasteiger partial charge on any atom is 0.235 e. The number of carbonyl (C=O) groups is 1. The van der Waals surface area contributed by atoms with Gasteiger partial charge in [0, 0.05) is 6.26 Å². The molecule has 1 aliphatic rings. The molecule has 0 aliphatic heterocycles. The first-order valence-corrected chi connectivity index (χ1v) is 9.01. The van der Waals surface area contributed by atoms with E-state index in [1.807, 2.05) is 0 Å². The first kappa shape index (κ1) is 16.4. The quantitative estimate of drug-likeness (QED) is 0.754. The molecule has 3 N–H and O–H groups in total. The van der Waals surface area contributed by atoms with Crippen LogP contribution in [-0.2, 0) is 14.6 Å². The van der Waals surface area contributed by atoms with Gasteiger partial charge in [0.1, 0.15) is 5.75 Å². The molecule has 1 amide bonds. The Labute approximate surface area is 120 Å². The molecule has 0 aromatic carbocycles. The van der Waals surface area contributed by atoms with Crippen LogP contribution in [0.4, 0.5) is 0 Å². The van der Waals surface area contributed by atoms with E-state index in [2.05, 4.69) is 5.32 Å². The maximum absolute atomic E-state index is 11.8. The molecule has 0 aromatic heterocycles. The first-order valence-electron chi connectivity index (χ1n) is 6.54. The van der Waals surface area contributed by atoms with Gasteiger partial charge in [-0.3, -0.25) is 4.79 Å². The zero-order chi connectivity index (χ0) is 14.5. The van der Waals surface area contributed by atoms with Crippen molar-refractivity contribution in [1.29, 1.82) is 0 Å². The number of amides is 1. The lowest BCUT2D eigenvalue weighted by atomic mass is 9.83. The second kappa shape index (κ2) is 6.65. The van der Waals surface area contributed by atoms with Crippen LogP contribution in [0, 0.1) is 0 Å². The molecule has 0 spiro atoms. The summed E-state index contributed by atoms with van der Waals surface area (Å²) in [6, 6.07) is 0. The number of hydrogen-bond donors (Lipinski definition) is 2. The Balaban J connectivity index is 2.80. The van der Waals surface area contributed by atoms with E-state index in [4.69, 9.17) is 18.0 Å². The van der Waals surface area contributed by atoms with Crippen LogP contribution < -0.4 is 11.1 Å². The van der Waals surface area contributed by atoms with Crippen molar-refractivity contribution < 1.29 is 13.2 Å². The average Bonchev–Trinajstić information content (AvgIpc) is 2.18. The molecule has 0 aromatic rings. The highest BCUT2D eigenvalue weighted by atomic mass is 32.2. The van der Waals surface area contributed by atoms with E-state index in [1.165, 1.54) is 6.42 Å². The van der Waals surface area contributed by atoms with Gasteiger partial charge in [-0.15, -0.1) is 0 Å². The SMILES string of the molecule is CS(=O)(=O)CC(=O)NC1(C(N)=S)CCCCCCC1. The van der Waals surface area contributed by atoms with Crippen LogP contribution in [0.25, 0.3) is 0 Å². The minimum Gasteiger partial charge on any atom is -0.391 e. The number of nitrogens with two attached hydrogens (primary N) is 1. The smallest absolute Gasteiger partial charge is 0.235 e. The highest BCUT2D eigenvalue weighted by molar-refractivity contribution is 7.91. The van der Waals surface area contributed by atoms with Crippen molar-refractivity contribution in [1.82, 2.24) is 5.32 Å². The molecular formula is C12H22N2O3S2. The predicted molar refractivity (Wildman–Crippen MR) is 79.7 cm³/mol. The minimum absolute atomic E-state index is 0.260. The molecule has 5 nitrogen and oxygen atoms in total. The molecule has 0 unspecified atom stereocenters. The highest BCUT2D eigenvalue weighted by Crippen LogP contribution is 2.26. The second-order valence-electron chi connectivity index (χ2n) is 5.33. The van der Waals surface area contributed by atoms with Crippen LogP contribution in [-0.4, -0.2) is 36.9 Å². The molecule has 0 radical (unpaired) electrons. The normalized spacial score (nSPS) is 20.1. The van der Waals surface area contributed by atoms with Crippen molar-refractivity contribution in [2.75, 3.05) is 12.0 Å². The van der Waals surface area contributed by atoms with Crippen molar-refractivity contribution in [2.45, 2.75) is 50.5 Å². The van der Waals surface area contributed by atoms with Gasteiger partial charge in [-0.25, -0.2) is 8.42 Å². The standard InChI is InChI=1S/C12H22N2O3S2/c1-19(16,17)9-10(15)14-12(11(13)18)7-5-3-2-4-6-8-12/h2-9H2,1H3,(H2,13,18)(H,14,15). The van der Waals surface area contributed by atoms with Crippen LogP contribution in [0.15, 0.2) is 0 Å². The zero-order valence-electron chi connectivity index (χ0n) is 11.3. The Kier molecular flexibility index (Phi) is 5.73. The number of nitrogens with one attached hydrogen (secondary N) is 1. The number of rotatable bonds is 4. The Morgan fingerprint density at radius 1 is 1.21 bits per heavy atom. The Morgan fingerprint density at radius 2 is 1.68 bits per heavy atom. The Morgan fingerprint density at radius 3 is 2.11 bits per heavy atom. The lowest BCUT2D eigenvalue weighted by Gasteiger charge is -2.35. The van der Waals surface area contributed by atoms with Crippen LogP contribution in [0.2, 0.25) is 0 Å². The minimum atomic E-state index is -3.34. The Bertz CT molecular complexity index is 438. The molecule has 0 saturated heterocycles. The third-order valence-electron chi connectivity index (χ3n) is 3.45. The van der Waals surface area contributed by atoms with Gasteiger partial charge in [0.15, 0.2) is 9.84 Å². The van der Waals surface area contributed by atoms with Gasteiger partial charge in [0.25, 0.3) is 0 Å². The molecule has 0 atom stereocenters. The molecular weight excluding hydrogens is 284 g/mol. The lowest BCUT2D eigenvalue weighted by molar-refractivity contribution is -0.120. The third kappa shape index (κ3) is 5.44. The molecule has 1 fully saturated rings. The van der Waals surface area contributed by atoms with Gasteiger partial charge < -0.3 is 11.1 Å². The number of sulfone groups is 1. The molecule has 1 rings (SSSR count). The van der Waals surface area contributed by atoms with Gasteiger partial charge in [-0.1, -0.05) is 44.3 Å². The summed E-state index contributed by atoms with van der Waals surface area (Å²) in [4.78, 5) is 12.1. The van der Waals surface area contributed by atoms with E-state index in [9.17, 15) is 13.2 Å². The van der Waals surface area contributed by atoms with Gasteiger partial charge in [0.05, 0.1) is 10.5 Å². The predicted octanol–water partition coefficient (Wildman–Crippen LogP) is 0.916. The Hall–Kier alpha value is -0.690. The maximum atomic E-state index is 11.8. The van der Waals surface area contributed by atoms with Gasteiger partial charge in [0.2, 0.25) is 5.91 Å². The van der Waals surface area contributed by atoms with Gasteiger partial charge in [-0.05, 0) is 12.8 Å². The second-order valence-corrected chi connectivity index (χ2v) is 7.91. The number of hydrogen-bond acceptors (Lipinski definition) is 4. The van der Waals surface area contributed by atoms with Crippen molar-refractivity contribution in [3.8, 4) is 0 Å². The number of carbonyl (C=O) groups excluding carboxylic acids is 1. The zero-order valence-corrected chi connectivity index (χ0v) is 12.9. The van der Waals surface area contributed by atoms with E-state index >= 15 is 0 Å². The summed E-state index contributed by atoms with van der Waals surface area (Å²) in [7, 11) is -3.34. The van der Waals surface area contributed by atoms with Crippen LogP contribution >= 0.6 is 12.2 Å². The average molecular weight is 306 g/mol. The van der Waals surface area contributed by atoms with Crippen molar-refractivity contribution >= 4 is 33.0 Å². The van der Waals surface area contributed by atoms with Crippen molar-refractivity contribution in [2.24, 2.45) is 5.73 Å². The number of thiocarbonyl (C=S) groups is 1. The summed E-state index contributed by atoms with van der Waals surface area (Å²) in [6.45, 7) is 0. The molecule has 1 aliphatic carbocycles. The summed E-state index contributed by atoms with van der Waals surface area (Å²) in [6.07, 6.45) is 7.67. The molecule has 0 bridgehead atoms. The van der Waals surface area contributed by atoms with E-state index in [1.54, 1.807) is 0 Å². The van der Waals surface area contributed by atoms with Gasteiger partial charge >= 0.3 is 0 Å².